The predicted octanol–water partition coefficient (Wildman–Crippen LogP) is 6.08. The SMILES string of the molecule is COC(=O)/C1=C/CC2OC2C[C@@H]2O[C@@H]3C[C@H](OCc4ccccc4)[C@@H](COCc4ccccc4)O[C@@]3(C)[C@H](OCc3ccccc3)C[C@H]2O1. The minimum absolute atomic E-state index is 0.0149. The number of benzene rings is 3. The molecule has 0 bridgehead atoms. The zero-order valence-electron chi connectivity index (χ0n) is 28.2. The first-order valence-corrected chi connectivity index (χ1v) is 17.3. The summed E-state index contributed by atoms with van der Waals surface area (Å²) in [7, 11) is 1.36. The van der Waals surface area contributed by atoms with Gasteiger partial charge in [0, 0.05) is 19.3 Å². The van der Waals surface area contributed by atoms with Crippen LogP contribution in [0.1, 0.15) is 49.3 Å². The van der Waals surface area contributed by atoms with E-state index in [9.17, 15) is 4.79 Å². The Morgan fingerprint density at radius 2 is 1.35 bits per heavy atom. The molecule has 4 aliphatic rings. The molecule has 0 radical (unpaired) electrons. The second kappa shape index (κ2) is 15.5. The minimum atomic E-state index is -0.887. The Labute approximate surface area is 288 Å². The van der Waals surface area contributed by atoms with Crippen LogP contribution in [0.2, 0.25) is 0 Å². The molecule has 0 spiro atoms. The Hall–Kier alpha value is -3.57. The van der Waals surface area contributed by atoms with E-state index in [0.717, 1.165) is 16.7 Å². The third-order valence-electron chi connectivity index (χ3n) is 10.1. The quantitative estimate of drug-likeness (QED) is 0.178. The van der Waals surface area contributed by atoms with Crippen molar-refractivity contribution >= 4 is 5.97 Å². The highest BCUT2D eigenvalue weighted by Crippen LogP contribution is 2.45. The molecule has 9 heteroatoms. The summed E-state index contributed by atoms with van der Waals surface area (Å²) in [5, 5.41) is 0. The Kier molecular flexibility index (Phi) is 10.8. The van der Waals surface area contributed by atoms with E-state index in [4.69, 9.17) is 37.9 Å². The standard InChI is InChI=1S/C40H46O9/c1-40-37(45-25-29-16-10-5-11-17-29)22-35-34(20-33-30(46-33)18-19-31(47-35)39(41)42-2)48-38(40)21-32(44-24-28-14-8-4-9-15-28)36(49-40)26-43-23-27-12-6-3-7-13-27/h3-17,19,30,32-38H,18,20-26H2,1-2H3/b31-19-/t30?,32-,33?,34-,35+,36+,37+,38+,40-/m0/s1. The number of hydrogen-bond donors (Lipinski definition) is 0. The summed E-state index contributed by atoms with van der Waals surface area (Å²) in [6.45, 7) is 3.68. The van der Waals surface area contributed by atoms with Crippen molar-refractivity contribution in [1.29, 1.82) is 0 Å². The first kappa shape index (κ1) is 33.9. The number of epoxide rings is 1. The third kappa shape index (κ3) is 8.26. The van der Waals surface area contributed by atoms with Gasteiger partial charge in [-0.2, -0.15) is 0 Å². The van der Waals surface area contributed by atoms with Crippen LogP contribution in [-0.2, 0) is 62.5 Å². The highest BCUT2D eigenvalue weighted by molar-refractivity contribution is 5.86. The molecule has 0 saturated carbocycles. The van der Waals surface area contributed by atoms with Crippen LogP contribution >= 0.6 is 0 Å². The van der Waals surface area contributed by atoms with E-state index in [-0.39, 0.29) is 30.2 Å². The van der Waals surface area contributed by atoms with Crippen molar-refractivity contribution in [1.82, 2.24) is 0 Å². The maximum atomic E-state index is 12.8. The van der Waals surface area contributed by atoms with E-state index in [1.807, 2.05) is 66.7 Å². The molecule has 4 aliphatic heterocycles. The molecule has 260 valence electrons. The number of rotatable bonds is 11. The van der Waals surface area contributed by atoms with Gasteiger partial charge in [0.1, 0.15) is 17.8 Å². The number of fused-ring (bicyclic) bond motifs is 3. The van der Waals surface area contributed by atoms with Crippen LogP contribution in [0.25, 0.3) is 0 Å². The summed E-state index contributed by atoms with van der Waals surface area (Å²) < 4.78 is 51.5. The van der Waals surface area contributed by atoms with Crippen molar-refractivity contribution in [2.24, 2.45) is 0 Å². The van der Waals surface area contributed by atoms with Crippen molar-refractivity contribution in [3.63, 3.8) is 0 Å². The molecule has 9 nitrogen and oxygen atoms in total. The first-order valence-electron chi connectivity index (χ1n) is 17.3. The van der Waals surface area contributed by atoms with Crippen molar-refractivity contribution < 1.29 is 42.7 Å². The van der Waals surface area contributed by atoms with Crippen LogP contribution in [-0.4, -0.2) is 74.1 Å². The van der Waals surface area contributed by atoms with E-state index in [0.29, 0.717) is 52.1 Å². The second-order valence-corrected chi connectivity index (χ2v) is 13.5. The summed E-state index contributed by atoms with van der Waals surface area (Å²) in [5.41, 5.74) is 2.33. The van der Waals surface area contributed by atoms with E-state index < -0.39 is 36.0 Å². The number of ether oxygens (including phenoxy) is 8. The van der Waals surface area contributed by atoms with Crippen molar-refractivity contribution in [3.05, 3.63) is 120 Å². The van der Waals surface area contributed by atoms with Crippen LogP contribution in [0.15, 0.2) is 103 Å². The van der Waals surface area contributed by atoms with Gasteiger partial charge in [0.2, 0.25) is 5.76 Å². The summed E-state index contributed by atoms with van der Waals surface area (Å²) in [6, 6.07) is 30.3. The lowest BCUT2D eigenvalue weighted by Crippen LogP contribution is -2.62. The van der Waals surface area contributed by atoms with Gasteiger partial charge < -0.3 is 37.9 Å². The fourth-order valence-electron chi connectivity index (χ4n) is 7.23. The van der Waals surface area contributed by atoms with Crippen LogP contribution in [0.4, 0.5) is 0 Å². The van der Waals surface area contributed by atoms with Crippen molar-refractivity contribution in [2.45, 2.75) is 107 Å². The van der Waals surface area contributed by atoms with E-state index in [2.05, 4.69) is 31.2 Å². The summed E-state index contributed by atoms with van der Waals surface area (Å²) in [5.74, 6) is -0.347. The van der Waals surface area contributed by atoms with Gasteiger partial charge >= 0.3 is 5.97 Å². The third-order valence-corrected chi connectivity index (χ3v) is 10.1. The Bertz CT molecular complexity index is 1530. The second-order valence-electron chi connectivity index (χ2n) is 13.5. The first-order chi connectivity index (χ1) is 24.0. The minimum Gasteiger partial charge on any atom is -0.481 e. The number of hydrogen-bond acceptors (Lipinski definition) is 9. The van der Waals surface area contributed by atoms with Gasteiger partial charge in [-0.15, -0.1) is 0 Å². The maximum Gasteiger partial charge on any atom is 0.372 e. The van der Waals surface area contributed by atoms with Gasteiger partial charge in [-0.1, -0.05) is 91.0 Å². The van der Waals surface area contributed by atoms with Gasteiger partial charge in [-0.25, -0.2) is 4.79 Å². The van der Waals surface area contributed by atoms with Crippen LogP contribution in [0.3, 0.4) is 0 Å². The fraction of sp³-hybridized carbons (Fsp3) is 0.475. The van der Waals surface area contributed by atoms with Crippen molar-refractivity contribution in [2.75, 3.05) is 13.7 Å². The lowest BCUT2D eigenvalue weighted by Gasteiger charge is -2.50. The Balaban J connectivity index is 1.18. The highest BCUT2D eigenvalue weighted by atomic mass is 16.6. The molecule has 0 amide bonds. The molecule has 4 heterocycles. The molecular formula is C40H46O9. The van der Waals surface area contributed by atoms with Gasteiger partial charge in [0.05, 0.1) is 70.2 Å². The highest BCUT2D eigenvalue weighted by Gasteiger charge is 2.57. The molecule has 7 rings (SSSR count). The molecule has 0 aromatic heterocycles. The molecule has 0 aliphatic carbocycles. The van der Waals surface area contributed by atoms with E-state index in [1.165, 1.54) is 7.11 Å². The summed E-state index contributed by atoms with van der Waals surface area (Å²) in [4.78, 5) is 12.8. The molecule has 2 unspecified atom stereocenters. The molecule has 49 heavy (non-hydrogen) atoms. The van der Waals surface area contributed by atoms with E-state index >= 15 is 0 Å². The maximum absolute atomic E-state index is 12.8. The zero-order chi connectivity index (χ0) is 33.6. The molecular weight excluding hydrogens is 624 g/mol. The monoisotopic (exact) mass is 670 g/mol. The smallest absolute Gasteiger partial charge is 0.372 e. The topological polar surface area (TPSA) is 94.2 Å². The van der Waals surface area contributed by atoms with Gasteiger partial charge in [-0.05, 0) is 36.1 Å². The average molecular weight is 671 g/mol. The Morgan fingerprint density at radius 1 is 0.735 bits per heavy atom. The largest absolute Gasteiger partial charge is 0.481 e. The number of esters is 1. The number of carbonyl (C=O) groups excluding carboxylic acids is 1. The van der Waals surface area contributed by atoms with Crippen LogP contribution in [0.5, 0.6) is 0 Å². The van der Waals surface area contributed by atoms with Crippen molar-refractivity contribution in [3.8, 4) is 0 Å². The lowest BCUT2D eigenvalue weighted by molar-refractivity contribution is -0.284. The average Bonchev–Trinajstić information content (AvgIpc) is 3.89. The van der Waals surface area contributed by atoms with Gasteiger partial charge in [0.15, 0.2) is 0 Å². The normalized spacial score (nSPS) is 33.4. The lowest BCUT2D eigenvalue weighted by atomic mass is 9.82. The summed E-state index contributed by atoms with van der Waals surface area (Å²) in [6.07, 6.45) is 1.59. The van der Waals surface area contributed by atoms with Crippen LogP contribution in [0, 0.1) is 0 Å². The number of methoxy groups -OCH3 is 1. The molecule has 3 fully saturated rings. The van der Waals surface area contributed by atoms with Crippen LogP contribution < -0.4 is 0 Å². The zero-order valence-corrected chi connectivity index (χ0v) is 28.2. The molecule has 0 N–H and O–H groups in total. The molecule has 3 aromatic carbocycles. The molecule has 3 aromatic rings. The predicted molar refractivity (Wildman–Crippen MR) is 180 cm³/mol. The fourth-order valence-corrected chi connectivity index (χ4v) is 7.23. The van der Waals surface area contributed by atoms with Gasteiger partial charge in [0.25, 0.3) is 0 Å². The molecule has 9 atom stereocenters. The number of carbonyl (C=O) groups is 1. The molecule has 3 saturated heterocycles. The Morgan fingerprint density at radius 3 is 2.00 bits per heavy atom. The summed E-state index contributed by atoms with van der Waals surface area (Å²) >= 11 is 0. The van der Waals surface area contributed by atoms with E-state index in [1.54, 1.807) is 6.08 Å². The van der Waals surface area contributed by atoms with Gasteiger partial charge in [-0.3, -0.25) is 0 Å².